The number of carboxylic acid groups (broad SMARTS) is 2. The lowest BCUT2D eigenvalue weighted by Gasteiger charge is -2.27. The van der Waals surface area contributed by atoms with E-state index in [-0.39, 0.29) is 44.9 Å². The molecule has 9 amide bonds. The summed E-state index contributed by atoms with van der Waals surface area (Å²) in [5.41, 5.74) is 13.2. The van der Waals surface area contributed by atoms with E-state index < -0.39 is 132 Å². The molecular formula is C49H68N16O13S2. The number of thioether (sulfide) groups is 2. The van der Waals surface area contributed by atoms with Gasteiger partial charge in [0.1, 0.15) is 48.3 Å². The smallest absolute Gasteiger partial charge is 0.326 e. The van der Waals surface area contributed by atoms with Crippen molar-refractivity contribution < 1.29 is 63.0 Å². The van der Waals surface area contributed by atoms with E-state index in [9.17, 15) is 63.0 Å². The molecular weight excluding hydrogens is 1080 g/mol. The topological polar surface area (TPSA) is 463 Å². The Balaban J connectivity index is 1.53. The lowest BCUT2D eigenvalue weighted by Crippen LogP contribution is -2.61. The van der Waals surface area contributed by atoms with E-state index in [1.165, 1.54) is 68.0 Å². The highest BCUT2D eigenvalue weighted by Crippen LogP contribution is 2.11. The van der Waals surface area contributed by atoms with Crippen molar-refractivity contribution >= 4 is 88.6 Å². The van der Waals surface area contributed by atoms with Crippen LogP contribution in [-0.2, 0) is 78.4 Å². The molecule has 3 heterocycles. The third kappa shape index (κ3) is 22.2. The van der Waals surface area contributed by atoms with Crippen LogP contribution in [0.25, 0.3) is 0 Å². The van der Waals surface area contributed by atoms with Gasteiger partial charge in [-0.1, -0.05) is 30.3 Å². The maximum absolute atomic E-state index is 14.3. The van der Waals surface area contributed by atoms with Gasteiger partial charge in [-0.05, 0) is 55.8 Å². The van der Waals surface area contributed by atoms with Gasteiger partial charge >= 0.3 is 11.9 Å². The highest BCUT2D eigenvalue weighted by molar-refractivity contribution is 7.98. The third-order valence-corrected chi connectivity index (χ3v) is 13.3. The molecule has 0 radical (unpaired) electrons. The molecule has 0 spiro atoms. The Morgan fingerprint density at radius 3 is 1.38 bits per heavy atom. The monoisotopic (exact) mass is 1150 g/mol. The van der Waals surface area contributed by atoms with Crippen molar-refractivity contribution in [1.29, 1.82) is 0 Å². The zero-order valence-electron chi connectivity index (χ0n) is 44.0. The van der Waals surface area contributed by atoms with Crippen LogP contribution in [0.1, 0.15) is 61.7 Å². The quantitative estimate of drug-likeness (QED) is 0.0212. The van der Waals surface area contributed by atoms with Crippen LogP contribution >= 0.6 is 23.5 Å². The summed E-state index contributed by atoms with van der Waals surface area (Å²) in [6, 6.07) is -4.45. The van der Waals surface area contributed by atoms with Crippen LogP contribution in [0.4, 0.5) is 0 Å². The van der Waals surface area contributed by atoms with E-state index in [1.54, 1.807) is 36.6 Å². The number of rotatable bonds is 36. The second kappa shape index (κ2) is 33.2. The molecule has 80 heavy (non-hydrogen) atoms. The molecule has 3 aromatic heterocycles. The number of carboxylic acids is 2. The predicted octanol–water partition coefficient (Wildman–Crippen LogP) is -3.32. The number of nitrogens with two attached hydrogens (primary N) is 2. The summed E-state index contributed by atoms with van der Waals surface area (Å²) in [7, 11) is 0. The maximum Gasteiger partial charge on any atom is 0.326 e. The fourth-order valence-electron chi connectivity index (χ4n) is 7.67. The van der Waals surface area contributed by atoms with Crippen LogP contribution in [0.2, 0.25) is 0 Å². The summed E-state index contributed by atoms with van der Waals surface area (Å²) in [6.45, 7) is 1.23. The Morgan fingerprint density at radius 1 is 0.512 bits per heavy atom. The number of H-pyrrole nitrogens is 3. The summed E-state index contributed by atoms with van der Waals surface area (Å²) in [5, 5.41) is 39.4. The number of aromatic nitrogens is 6. The number of hydrogen-bond acceptors (Lipinski definition) is 17. The highest BCUT2D eigenvalue weighted by atomic mass is 32.2. The first-order chi connectivity index (χ1) is 38.2. The zero-order chi connectivity index (χ0) is 58.7. The van der Waals surface area contributed by atoms with Gasteiger partial charge in [0.05, 0.1) is 31.4 Å². The number of benzene rings is 1. The van der Waals surface area contributed by atoms with Gasteiger partial charge in [-0.3, -0.25) is 47.9 Å². The van der Waals surface area contributed by atoms with Gasteiger partial charge < -0.3 is 79.2 Å². The molecule has 29 nitrogen and oxygen atoms in total. The normalized spacial score (nSPS) is 14.4. The van der Waals surface area contributed by atoms with E-state index in [0.717, 1.165) is 0 Å². The molecule has 434 valence electrons. The molecule has 4 rings (SSSR count). The molecule has 0 saturated carbocycles. The molecule has 4 aromatic rings. The first-order valence-electron chi connectivity index (χ1n) is 25.0. The maximum atomic E-state index is 14.3. The van der Waals surface area contributed by atoms with Gasteiger partial charge in [0, 0.05) is 67.8 Å². The fourth-order valence-corrected chi connectivity index (χ4v) is 8.63. The van der Waals surface area contributed by atoms with Gasteiger partial charge in [0.25, 0.3) is 0 Å². The largest absolute Gasteiger partial charge is 0.481 e. The van der Waals surface area contributed by atoms with E-state index in [4.69, 9.17) is 11.5 Å². The van der Waals surface area contributed by atoms with Gasteiger partial charge in [-0.25, -0.2) is 19.7 Å². The average Bonchev–Trinajstić information content (AvgIpc) is 4.26. The number of aromatic amines is 3. The Bertz CT molecular complexity index is 2680. The van der Waals surface area contributed by atoms with Gasteiger partial charge in [0.15, 0.2) is 0 Å². The molecule has 0 aliphatic carbocycles. The van der Waals surface area contributed by atoms with Gasteiger partial charge in [-0.2, -0.15) is 23.5 Å². The number of aliphatic carboxylic acids is 2. The van der Waals surface area contributed by atoms with Crippen molar-refractivity contribution in [2.45, 2.75) is 119 Å². The number of primary amides is 1. The first-order valence-corrected chi connectivity index (χ1v) is 27.8. The second-order valence-electron chi connectivity index (χ2n) is 18.3. The van der Waals surface area contributed by atoms with Crippen LogP contribution < -0.4 is 54.0 Å². The molecule has 0 aliphatic heterocycles. The molecule has 1 aromatic carbocycles. The molecule has 0 fully saturated rings. The molecule has 9 atom stereocenters. The third-order valence-electron chi connectivity index (χ3n) is 12.0. The number of carbonyl (C=O) groups excluding carboxylic acids is 9. The number of nitrogens with zero attached hydrogens (tertiary/aromatic N) is 3. The van der Waals surface area contributed by atoms with Gasteiger partial charge in [-0.15, -0.1) is 0 Å². The first kappa shape index (κ1) is 64.2. The van der Waals surface area contributed by atoms with Crippen molar-refractivity contribution in [3.63, 3.8) is 0 Å². The predicted molar refractivity (Wildman–Crippen MR) is 290 cm³/mol. The summed E-state index contributed by atoms with van der Waals surface area (Å²) < 4.78 is 0. The molecule has 31 heteroatoms. The molecule has 0 bridgehead atoms. The SMILES string of the molecule is CSCC[C@H](NC(=O)[C@H](Cc1cnc[nH]1)NC(=O)[C@H](CC(N)=O)NC(=O)[C@H](C)NC(=O)[C@H](Cc1cnc[nH]1)NC(=O)[C@H](Cc1ccccc1)NC(=O)[C@H](CCC(=O)O)NC(=O)[C@@H](N)CCSC)C(=O)N[C@@H](Cc1cnc[nH]1)C(=O)O. The van der Waals surface area contributed by atoms with Crippen molar-refractivity contribution in [1.82, 2.24) is 72.4 Å². The minimum Gasteiger partial charge on any atom is -0.481 e. The number of amides is 9. The van der Waals surface area contributed by atoms with E-state index in [0.29, 0.717) is 34.2 Å². The summed E-state index contributed by atoms with van der Waals surface area (Å²) in [6.07, 6.45) is 9.45. The highest BCUT2D eigenvalue weighted by Gasteiger charge is 2.35. The van der Waals surface area contributed by atoms with Crippen molar-refractivity contribution in [3.05, 3.63) is 90.5 Å². The lowest BCUT2D eigenvalue weighted by molar-refractivity contribution is -0.142. The van der Waals surface area contributed by atoms with Crippen LogP contribution in [0.15, 0.2) is 67.9 Å². The van der Waals surface area contributed by atoms with Crippen molar-refractivity contribution in [3.8, 4) is 0 Å². The second-order valence-corrected chi connectivity index (χ2v) is 20.3. The number of carbonyl (C=O) groups is 11. The van der Waals surface area contributed by atoms with E-state index in [1.807, 2.05) is 6.26 Å². The molecule has 0 unspecified atom stereocenters. The van der Waals surface area contributed by atoms with Crippen molar-refractivity contribution in [2.24, 2.45) is 11.5 Å². The Kier molecular flexibility index (Phi) is 26.6. The summed E-state index contributed by atoms with van der Waals surface area (Å²) in [5.74, 6) is -10.2. The standard InChI is InChI=1S/C49H68N16O13S2/c1-26(41(69)61-37(19-39(51)66)48(76)64-36(17-29-21-53-24-56-29)47(75)60-33(12-14-80-3)44(72)65-38(49(77)78)18-30-22-54-25-57-30)58-45(73)35(16-28-20-52-23-55-28)63-46(74)34(15-27-7-5-4-6-8-27)62-43(71)32(9-10-40(67)68)59-42(70)31(50)11-13-79-2/h4-8,20-26,31-38H,9-19,50H2,1-3H3,(H2,51,66)(H,52,55)(H,53,56)(H,54,57)(H,58,73)(H,59,70)(H,60,75)(H,61,69)(H,62,71)(H,63,74)(H,64,76)(H,65,72)(H,67,68)(H,77,78)/t26-,31-,32-,33-,34-,35-,36-,37-,38-/m0/s1. The van der Waals surface area contributed by atoms with Crippen LogP contribution in [0.5, 0.6) is 0 Å². The Labute approximate surface area is 467 Å². The molecule has 0 saturated heterocycles. The number of imidazole rings is 3. The van der Waals surface area contributed by atoms with Crippen LogP contribution in [-0.4, -0.2) is 184 Å². The van der Waals surface area contributed by atoms with Crippen LogP contribution in [0.3, 0.4) is 0 Å². The summed E-state index contributed by atoms with van der Waals surface area (Å²) >= 11 is 2.79. The molecule has 0 aliphatic rings. The Hall–Kier alpha value is -8.32. The molecule has 17 N–H and O–H groups in total. The van der Waals surface area contributed by atoms with Crippen molar-refractivity contribution in [2.75, 3.05) is 24.0 Å². The minimum atomic E-state index is -1.76. The number of nitrogens with one attached hydrogen (secondary N) is 11. The number of hydrogen-bond donors (Lipinski definition) is 15. The summed E-state index contributed by atoms with van der Waals surface area (Å²) in [4.78, 5) is 167. The Morgan fingerprint density at radius 2 is 0.912 bits per heavy atom. The fraction of sp³-hybridized carbons (Fsp3) is 0.469. The van der Waals surface area contributed by atoms with E-state index >= 15 is 0 Å². The van der Waals surface area contributed by atoms with E-state index in [2.05, 4.69) is 72.4 Å². The zero-order valence-corrected chi connectivity index (χ0v) is 45.7. The minimum absolute atomic E-state index is 0.0350. The average molecular weight is 1150 g/mol. The van der Waals surface area contributed by atoms with Gasteiger partial charge in [0.2, 0.25) is 53.2 Å². The lowest BCUT2D eigenvalue weighted by atomic mass is 10.0. The van der Waals surface area contributed by atoms with Crippen LogP contribution in [0, 0.1) is 0 Å².